The van der Waals surface area contributed by atoms with E-state index in [1.54, 1.807) is 48.5 Å². The van der Waals surface area contributed by atoms with E-state index in [0.29, 0.717) is 35.1 Å². The molecule has 9 nitrogen and oxygen atoms in total. The molecule has 0 saturated carbocycles. The first-order valence-electron chi connectivity index (χ1n) is 13.6. The normalized spacial score (nSPS) is 16.6. The zero-order valence-electron chi connectivity index (χ0n) is 23.4. The highest BCUT2D eigenvalue weighted by molar-refractivity contribution is 7.92. The second-order valence-electron chi connectivity index (χ2n) is 10.1. The van der Waals surface area contributed by atoms with E-state index in [0.717, 1.165) is 5.56 Å². The number of rotatable bonds is 9. The minimum absolute atomic E-state index is 0.000904. The minimum Gasteiger partial charge on any atom is -0.456 e. The van der Waals surface area contributed by atoms with E-state index in [2.05, 4.69) is 15.4 Å². The first-order valence-corrected chi connectivity index (χ1v) is 15.9. The van der Waals surface area contributed by atoms with Gasteiger partial charge in [-0.2, -0.15) is 0 Å². The third kappa shape index (κ3) is 6.57. The van der Waals surface area contributed by atoms with Crippen LogP contribution in [0, 0.1) is 0 Å². The van der Waals surface area contributed by atoms with E-state index in [-0.39, 0.29) is 39.4 Å². The number of halogens is 2. The Morgan fingerprint density at radius 2 is 1.66 bits per heavy atom. The first-order chi connectivity index (χ1) is 21.0. The van der Waals surface area contributed by atoms with E-state index in [1.807, 2.05) is 6.92 Å². The number of amides is 3. The highest BCUT2D eigenvalue weighted by atomic mass is 35.5. The van der Waals surface area contributed by atoms with Gasteiger partial charge in [0, 0.05) is 17.1 Å². The fraction of sp³-hybridized carbons (Fsp3) is 0.156. The number of piperidine rings is 1. The summed E-state index contributed by atoms with van der Waals surface area (Å²) in [7, 11) is -4.11. The highest BCUT2D eigenvalue weighted by Crippen LogP contribution is 2.36. The number of hydrogen-bond donors (Lipinski definition) is 3. The van der Waals surface area contributed by atoms with Crippen molar-refractivity contribution in [2.45, 2.75) is 36.5 Å². The molecular formula is C32H27Cl2N3O6S. The van der Waals surface area contributed by atoms with E-state index in [1.165, 1.54) is 42.5 Å². The van der Waals surface area contributed by atoms with Crippen LogP contribution in [0.15, 0.2) is 95.9 Å². The van der Waals surface area contributed by atoms with Gasteiger partial charge in [0.2, 0.25) is 11.8 Å². The van der Waals surface area contributed by atoms with Crippen molar-refractivity contribution in [2.75, 3.05) is 10.0 Å². The summed E-state index contributed by atoms with van der Waals surface area (Å²) in [5.41, 5.74) is 0.323. The van der Waals surface area contributed by atoms with Crippen molar-refractivity contribution in [3.8, 4) is 11.5 Å². The summed E-state index contributed by atoms with van der Waals surface area (Å²) in [6.07, 6.45) is 1.13. The van der Waals surface area contributed by atoms with Gasteiger partial charge >= 0.3 is 0 Å². The number of nitrogens with one attached hydrogen (secondary N) is 3. The molecule has 12 heteroatoms. The molecule has 0 spiro atoms. The average Bonchev–Trinajstić information content (AvgIpc) is 3.00. The van der Waals surface area contributed by atoms with Crippen molar-refractivity contribution in [3.63, 3.8) is 0 Å². The van der Waals surface area contributed by atoms with Crippen molar-refractivity contribution in [1.82, 2.24) is 5.32 Å². The standard InChI is InChI=1S/C32H27Cl2N3O6S/c1-2-32(18-17-29(38)36-31(32)40)20-7-10-22(11-8-20)35-30(39)25-19-21(33)9-16-27(25)37-44(41,42)24-14-12-23(13-15-24)43-28-6-4-3-5-26(28)34/h3-16,19,37H,2,17-18H2,1H3,(H,35,39)(H,36,38,40)/t32-/m1/s1. The molecule has 4 aromatic carbocycles. The number of imide groups is 1. The van der Waals surface area contributed by atoms with Crippen LogP contribution in [0.4, 0.5) is 11.4 Å². The van der Waals surface area contributed by atoms with Crippen molar-refractivity contribution in [1.29, 1.82) is 0 Å². The third-order valence-corrected chi connectivity index (χ3v) is 9.36. The minimum atomic E-state index is -4.11. The van der Waals surface area contributed by atoms with Gasteiger partial charge in [0.1, 0.15) is 11.5 Å². The lowest BCUT2D eigenvalue weighted by molar-refractivity contribution is -0.138. The number of ether oxygens (including phenoxy) is 1. The average molecular weight is 653 g/mol. The Kier molecular flexibility index (Phi) is 8.96. The molecular weight excluding hydrogens is 625 g/mol. The molecule has 0 aromatic heterocycles. The summed E-state index contributed by atoms with van der Waals surface area (Å²) in [6, 6.07) is 23.6. The van der Waals surface area contributed by atoms with E-state index >= 15 is 0 Å². The van der Waals surface area contributed by atoms with Gasteiger partial charge in [-0.3, -0.25) is 24.4 Å². The molecule has 0 radical (unpaired) electrons. The van der Waals surface area contributed by atoms with E-state index in [4.69, 9.17) is 27.9 Å². The van der Waals surface area contributed by atoms with Crippen molar-refractivity contribution in [3.05, 3.63) is 112 Å². The van der Waals surface area contributed by atoms with Gasteiger partial charge < -0.3 is 10.1 Å². The molecule has 44 heavy (non-hydrogen) atoms. The fourth-order valence-electron chi connectivity index (χ4n) is 4.98. The maximum atomic E-state index is 13.3. The van der Waals surface area contributed by atoms with Crippen LogP contribution in [-0.2, 0) is 25.0 Å². The van der Waals surface area contributed by atoms with Crippen LogP contribution in [0.5, 0.6) is 11.5 Å². The van der Waals surface area contributed by atoms with Gasteiger partial charge in [-0.05, 0) is 85.1 Å². The summed E-state index contributed by atoms with van der Waals surface area (Å²) in [5, 5.41) is 5.81. The quantitative estimate of drug-likeness (QED) is 0.168. The van der Waals surface area contributed by atoms with Gasteiger partial charge in [0.25, 0.3) is 15.9 Å². The molecule has 1 fully saturated rings. The topological polar surface area (TPSA) is 131 Å². The predicted octanol–water partition coefficient (Wildman–Crippen LogP) is 6.92. The fourth-order valence-corrected chi connectivity index (χ4v) is 6.40. The molecule has 0 bridgehead atoms. The van der Waals surface area contributed by atoms with Crippen LogP contribution in [-0.4, -0.2) is 26.1 Å². The SMILES string of the molecule is CC[C@]1(c2ccc(NC(=O)c3cc(Cl)ccc3NS(=O)(=O)c3ccc(Oc4ccccc4Cl)cc3)cc2)CCC(=O)NC1=O. The van der Waals surface area contributed by atoms with Gasteiger partial charge in [-0.25, -0.2) is 8.42 Å². The number of benzene rings is 4. The summed E-state index contributed by atoms with van der Waals surface area (Å²) >= 11 is 12.3. The van der Waals surface area contributed by atoms with Crippen LogP contribution in [0.3, 0.4) is 0 Å². The Balaban J connectivity index is 1.32. The molecule has 0 aliphatic carbocycles. The maximum absolute atomic E-state index is 13.3. The van der Waals surface area contributed by atoms with Crippen molar-refractivity contribution < 1.29 is 27.5 Å². The van der Waals surface area contributed by atoms with Gasteiger partial charge in [-0.1, -0.05) is 54.4 Å². The molecule has 3 amide bonds. The zero-order chi connectivity index (χ0) is 31.5. The Hall–Kier alpha value is -4.38. The van der Waals surface area contributed by atoms with Gasteiger partial charge in [0.15, 0.2) is 0 Å². The molecule has 3 N–H and O–H groups in total. The molecule has 1 atom stereocenters. The molecule has 4 aromatic rings. The molecule has 1 aliphatic rings. The lowest BCUT2D eigenvalue weighted by Gasteiger charge is -2.35. The second-order valence-corrected chi connectivity index (χ2v) is 12.7. The number of hydrogen-bond acceptors (Lipinski definition) is 6. The van der Waals surface area contributed by atoms with Crippen molar-refractivity contribution >= 4 is 62.3 Å². The van der Waals surface area contributed by atoms with E-state index in [9.17, 15) is 22.8 Å². The third-order valence-electron chi connectivity index (χ3n) is 7.43. The second kappa shape index (κ2) is 12.7. The molecule has 1 saturated heterocycles. The van der Waals surface area contributed by atoms with Crippen LogP contribution in [0.2, 0.25) is 10.0 Å². The largest absolute Gasteiger partial charge is 0.456 e. The molecule has 226 valence electrons. The summed E-state index contributed by atoms with van der Waals surface area (Å²) < 4.78 is 34.7. The maximum Gasteiger partial charge on any atom is 0.261 e. The van der Waals surface area contributed by atoms with Crippen LogP contribution < -0.4 is 20.1 Å². The van der Waals surface area contributed by atoms with Crippen LogP contribution >= 0.6 is 23.2 Å². The summed E-state index contributed by atoms with van der Waals surface area (Å²) in [5.74, 6) is -0.429. The Labute approximate surface area is 264 Å². The molecule has 1 aliphatic heterocycles. The number of anilines is 2. The highest BCUT2D eigenvalue weighted by Gasteiger charge is 2.42. The number of para-hydroxylation sites is 1. The van der Waals surface area contributed by atoms with E-state index < -0.39 is 21.3 Å². The first kappa shape index (κ1) is 31.1. The number of carbonyl (C=O) groups is 3. The lowest BCUT2D eigenvalue weighted by Crippen LogP contribution is -2.51. The predicted molar refractivity (Wildman–Crippen MR) is 169 cm³/mol. The Bertz CT molecular complexity index is 1850. The smallest absolute Gasteiger partial charge is 0.261 e. The van der Waals surface area contributed by atoms with Gasteiger partial charge in [-0.15, -0.1) is 0 Å². The summed E-state index contributed by atoms with van der Waals surface area (Å²) in [4.78, 5) is 37.7. The van der Waals surface area contributed by atoms with Crippen LogP contribution in [0.1, 0.15) is 42.1 Å². The van der Waals surface area contributed by atoms with Gasteiger partial charge in [0.05, 0.1) is 26.6 Å². The Morgan fingerprint density at radius 3 is 2.32 bits per heavy atom. The molecule has 0 unspecified atom stereocenters. The lowest BCUT2D eigenvalue weighted by atomic mass is 9.72. The Morgan fingerprint density at radius 1 is 0.955 bits per heavy atom. The number of carbonyl (C=O) groups excluding carboxylic acids is 3. The van der Waals surface area contributed by atoms with Crippen LogP contribution in [0.25, 0.3) is 0 Å². The zero-order valence-corrected chi connectivity index (χ0v) is 25.7. The summed E-state index contributed by atoms with van der Waals surface area (Å²) in [6.45, 7) is 1.88. The van der Waals surface area contributed by atoms with Crippen molar-refractivity contribution in [2.24, 2.45) is 0 Å². The molecule has 5 rings (SSSR count). The number of sulfonamides is 1. The monoisotopic (exact) mass is 651 g/mol. The molecule has 1 heterocycles.